The van der Waals surface area contributed by atoms with Crippen LogP contribution < -0.4 is 4.74 Å². The molecule has 1 rings (SSSR count). The lowest BCUT2D eigenvalue weighted by Crippen LogP contribution is -2.07. The van der Waals surface area contributed by atoms with Gasteiger partial charge < -0.3 is 4.74 Å². The molecule has 0 fully saturated rings. The Balaban J connectivity index is 2.53. The second-order valence-corrected chi connectivity index (χ2v) is 6.07. The number of carbonyl (C=O) groups is 1. The fraction of sp³-hybridized carbons (Fsp3) is 0.533. The average molecular weight is 266 g/mol. The Labute approximate surface area is 114 Å². The maximum absolute atomic E-state index is 11.9. The van der Waals surface area contributed by atoms with Crippen molar-refractivity contribution in [2.75, 3.05) is 5.75 Å². The van der Waals surface area contributed by atoms with E-state index in [0.29, 0.717) is 11.0 Å². The van der Waals surface area contributed by atoms with Gasteiger partial charge in [-0.1, -0.05) is 13.8 Å². The molecule has 2 nitrogen and oxygen atoms in total. The Morgan fingerprint density at radius 3 is 2.33 bits per heavy atom. The average Bonchev–Trinajstić information content (AvgIpc) is 2.35. The first kappa shape index (κ1) is 15.1. The molecule has 1 aromatic rings. The minimum absolute atomic E-state index is 0.160. The number of hydrogen-bond acceptors (Lipinski definition) is 3. The summed E-state index contributed by atoms with van der Waals surface area (Å²) in [6, 6.07) is 7.41. The van der Waals surface area contributed by atoms with Crippen molar-refractivity contribution in [1.82, 2.24) is 0 Å². The van der Waals surface area contributed by atoms with Gasteiger partial charge >= 0.3 is 0 Å². The smallest absolute Gasteiger partial charge is 0.172 e. The summed E-state index contributed by atoms with van der Waals surface area (Å²) in [4.78, 5) is 11.9. The van der Waals surface area contributed by atoms with Gasteiger partial charge in [0.15, 0.2) is 5.78 Å². The van der Waals surface area contributed by atoms with Crippen LogP contribution in [0.15, 0.2) is 24.3 Å². The second kappa shape index (κ2) is 7.47. The van der Waals surface area contributed by atoms with Crippen molar-refractivity contribution in [1.29, 1.82) is 0 Å². The van der Waals surface area contributed by atoms with E-state index in [2.05, 4.69) is 13.8 Å². The third-order valence-corrected chi connectivity index (χ3v) is 3.95. The highest BCUT2D eigenvalue weighted by molar-refractivity contribution is 8.00. The maximum Gasteiger partial charge on any atom is 0.172 e. The molecular weight excluding hydrogens is 244 g/mol. The highest BCUT2D eigenvalue weighted by atomic mass is 32.2. The van der Waals surface area contributed by atoms with E-state index in [4.69, 9.17) is 4.74 Å². The van der Waals surface area contributed by atoms with Crippen molar-refractivity contribution < 1.29 is 9.53 Å². The van der Waals surface area contributed by atoms with Gasteiger partial charge in [0.05, 0.1) is 11.9 Å². The van der Waals surface area contributed by atoms with Crippen LogP contribution in [-0.4, -0.2) is 22.9 Å². The molecule has 0 saturated heterocycles. The van der Waals surface area contributed by atoms with Gasteiger partial charge in [0, 0.05) is 10.8 Å². The zero-order valence-electron chi connectivity index (χ0n) is 11.6. The minimum atomic E-state index is 0.160. The summed E-state index contributed by atoms with van der Waals surface area (Å²) in [5.74, 6) is 1.56. The summed E-state index contributed by atoms with van der Waals surface area (Å²) >= 11 is 1.71. The van der Waals surface area contributed by atoms with Gasteiger partial charge in [0.1, 0.15) is 5.75 Å². The summed E-state index contributed by atoms with van der Waals surface area (Å²) in [6.07, 6.45) is 1.26. The van der Waals surface area contributed by atoms with Crippen LogP contribution >= 0.6 is 11.8 Å². The van der Waals surface area contributed by atoms with Crippen molar-refractivity contribution in [2.24, 2.45) is 0 Å². The maximum atomic E-state index is 11.9. The molecule has 0 saturated carbocycles. The zero-order valence-corrected chi connectivity index (χ0v) is 12.4. The molecule has 0 aromatic heterocycles. The van der Waals surface area contributed by atoms with E-state index >= 15 is 0 Å². The molecule has 1 unspecified atom stereocenters. The number of ether oxygens (including phenoxy) is 1. The first-order valence-corrected chi connectivity index (χ1v) is 7.49. The molecule has 3 heteroatoms. The fourth-order valence-electron chi connectivity index (χ4n) is 1.41. The van der Waals surface area contributed by atoms with Gasteiger partial charge in [-0.3, -0.25) is 4.79 Å². The van der Waals surface area contributed by atoms with E-state index < -0.39 is 0 Å². The highest BCUT2D eigenvalue weighted by Gasteiger charge is 2.08. The van der Waals surface area contributed by atoms with Crippen LogP contribution in [0, 0.1) is 0 Å². The quantitative estimate of drug-likeness (QED) is 0.692. The van der Waals surface area contributed by atoms with Crippen LogP contribution in [-0.2, 0) is 0 Å². The van der Waals surface area contributed by atoms with Crippen LogP contribution in [0.4, 0.5) is 0 Å². The topological polar surface area (TPSA) is 26.3 Å². The van der Waals surface area contributed by atoms with Crippen molar-refractivity contribution in [3.8, 4) is 5.75 Å². The molecule has 0 aliphatic rings. The number of carbonyl (C=O) groups excluding carboxylic acids is 1. The molecule has 1 atom stereocenters. The number of rotatable bonds is 7. The Kier molecular flexibility index (Phi) is 6.27. The van der Waals surface area contributed by atoms with Gasteiger partial charge in [-0.05, 0) is 44.5 Å². The van der Waals surface area contributed by atoms with Crippen LogP contribution in [0.5, 0.6) is 5.75 Å². The van der Waals surface area contributed by atoms with Crippen LogP contribution in [0.1, 0.15) is 44.5 Å². The Morgan fingerprint density at radius 2 is 1.83 bits per heavy atom. The zero-order chi connectivity index (χ0) is 13.5. The fourth-order valence-corrected chi connectivity index (χ4v) is 2.25. The predicted octanol–water partition coefficient (Wildman–Crippen LogP) is 4.19. The monoisotopic (exact) mass is 266 g/mol. The van der Waals surface area contributed by atoms with Crippen LogP contribution in [0.25, 0.3) is 0 Å². The van der Waals surface area contributed by atoms with Gasteiger partial charge in [-0.2, -0.15) is 11.8 Å². The molecule has 0 bridgehead atoms. The largest absolute Gasteiger partial charge is 0.491 e. The van der Waals surface area contributed by atoms with E-state index in [-0.39, 0.29) is 11.9 Å². The summed E-state index contributed by atoms with van der Waals surface area (Å²) in [5.41, 5.74) is 0.766. The van der Waals surface area contributed by atoms with Gasteiger partial charge in [-0.15, -0.1) is 0 Å². The normalized spacial score (nSPS) is 12.5. The highest BCUT2D eigenvalue weighted by Crippen LogP contribution is 2.18. The summed E-state index contributed by atoms with van der Waals surface area (Å²) in [7, 11) is 0. The van der Waals surface area contributed by atoms with E-state index in [0.717, 1.165) is 17.7 Å². The van der Waals surface area contributed by atoms with Crippen LogP contribution in [0.2, 0.25) is 0 Å². The summed E-state index contributed by atoms with van der Waals surface area (Å²) in [6.45, 7) is 8.27. The molecule has 100 valence electrons. The van der Waals surface area contributed by atoms with E-state index in [1.54, 1.807) is 11.8 Å². The molecule has 0 aliphatic heterocycles. The molecule has 0 aliphatic carbocycles. The van der Waals surface area contributed by atoms with Crippen molar-refractivity contribution >= 4 is 17.5 Å². The second-order valence-electron chi connectivity index (χ2n) is 4.64. The minimum Gasteiger partial charge on any atom is -0.491 e. The van der Waals surface area contributed by atoms with E-state index in [1.165, 1.54) is 0 Å². The van der Waals surface area contributed by atoms with Gasteiger partial charge in [0.25, 0.3) is 0 Å². The Morgan fingerprint density at radius 1 is 1.22 bits per heavy atom. The van der Waals surface area contributed by atoms with Crippen LogP contribution in [0.3, 0.4) is 0 Å². The summed E-state index contributed by atoms with van der Waals surface area (Å²) < 4.78 is 5.55. The van der Waals surface area contributed by atoms with E-state index in [1.807, 2.05) is 38.1 Å². The molecule has 18 heavy (non-hydrogen) atoms. The molecule has 0 spiro atoms. The number of Topliss-reactive ketones (excluding diaryl/α,β-unsaturated/α-hetero) is 1. The molecular formula is C15H22O2S. The van der Waals surface area contributed by atoms with E-state index in [9.17, 15) is 4.79 Å². The van der Waals surface area contributed by atoms with Crippen molar-refractivity contribution in [3.05, 3.63) is 29.8 Å². The van der Waals surface area contributed by atoms with Gasteiger partial charge in [-0.25, -0.2) is 0 Å². The molecule has 0 amide bonds. The van der Waals surface area contributed by atoms with Gasteiger partial charge in [0.2, 0.25) is 0 Å². The Bertz CT molecular complexity index is 371. The number of ketones is 1. The number of benzene rings is 1. The molecule has 1 aromatic carbocycles. The Hall–Kier alpha value is -0.960. The standard InChI is InChI=1S/C15H22O2S/c1-5-12(4)18-10-15(16)13-6-8-14(9-7-13)17-11(2)3/h6-9,11-12H,5,10H2,1-4H3. The molecule has 0 radical (unpaired) electrons. The molecule has 0 heterocycles. The van der Waals surface area contributed by atoms with Crippen molar-refractivity contribution in [2.45, 2.75) is 45.5 Å². The predicted molar refractivity (Wildman–Crippen MR) is 78.7 cm³/mol. The first-order chi connectivity index (χ1) is 8.52. The first-order valence-electron chi connectivity index (χ1n) is 6.44. The number of hydrogen-bond donors (Lipinski definition) is 0. The third-order valence-electron chi connectivity index (χ3n) is 2.62. The third kappa shape index (κ3) is 5.13. The number of thioether (sulfide) groups is 1. The SMILES string of the molecule is CCC(C)SCC(=O)c1ccc(OC(C)C)cc1. The molecule has 0 N–H and O–H groups in total. The lowest BCUT2D eigenvalue weighted by atomic mass is 10.1. The lowest BCUT2D eigenvalue weighted by molar-refractivity contribution is 0.102. The lowest BCUT2D eigenvalue weighted by Gasteiger charge is -2.10. The summed E-state index contributed by atoms with van der Waals surface area (Å²) in [5, 5.41) is 0.539. The van der Waals surface area contributed by atoms with Crippen molar-refractivity contribution in [3.63, 3.8) is 0 Å².